The third-order valence-corrected chi connectivity index (χ3v) is 5.58. The van der Waals surface area contributed by atoms with E-state index in [0.717, 1.165) is 16.5 Å². The van der Waals surface area contributed by atoms with Crippen LogP contribution in [0.2, 0.25) is 0 Å². The van der Waals surface area contributed by atoms with Crippen molar-refractivity contribution in [2.45, 2.75) is 0 Å². The quantitative estimate of drug-likeness (QED) is 0.102. The number of anilines is 1. The Labute approximate surface area is 214 Å². The highest BCUT2D eigenvalue weighted by Gasteiger charge is 2.14. The molecular weight excluding hydrogens is 528 g/mol. The first kappa shape index (κ1) is 24.6. The minimum atomic E-state index is -0.689. The van der Waals surface area contributed by atoms with E-state index in [1.54, 1.807) is 18.2 Å². The first-order chi connectivity index (χ1) is 17.4. The summed E-state index contributed by atoms with van der Waals surface area (Å²) in [5, 5.41) is 20.0. The van der Waals surface area contributed by atoms with Crippen LogP contribution in [-0.2, 0) is 4.79 Å². The van der Waals surface area contributed by atoms with Crippen molar-refractivity contribution in [1.29, 1.82) is 0 Å². The third-order valence-electron chi connectivity index (χ3n) is 5.08. The summed E-state index contributed by atoms with van der Waals surface area (Å²) in [5.74, 6) is -0.849. The van der Waals surface area contributed by atoms with E-state index in [1.807, 2.05) is 42.5 Å². The molecule has 0 aliphatic rings. The molecule has 4 rings (SSSR count). The fourth-order valence-electron chi connectivity index (χ4n) is 3.29. The van der Waals surface area contributed by atoms with Crippen molar-refractivity contribution < 1.29 is 19.2 Å². The van der Waals surface area contributed by atoms with Gasteiger partial charge < -0.3 is 10.1 Å². The Kier molecular flexibility index (Phi) is 7.66. The number of esters is 1. The average molecular weight is 547 g/mol. The molecule has 0 atom stereocenters. The first-order valence-electron chi connectivity index (χ1n) is 10.7. The lowest BCUT2D eigenvalue weighted by atomic mass is 10.1. The lowest BCUT2D eigenvalue weighted by molar-refractivity contribution is -0.384. The van der Waals surface area contributed by atoms with Gasteiger partial charge in [-0.25, -0.2) is 10.2 Å². The summed E-state index contributed by atoms with van der Waals surface area (Å²) in [6, 6.07) is 23.7. The minimum Gasteiger partial charge on any atom is -0.422 e. The summed E-state index contributed by atoms with van der Waals surface area (Å²) >= 11 is 3.35. The predicted molar refractivity (Wildman–Crippen MR) is 140 cm³/mol. The highest BCUT2D eigenvalue weighted by atomic mass is 79.9. The largest absolute Gasteiger partial charge is 0.422 e. The van der Waals surface area contributed by atoms with Crippen LogP contribution in [0, 0.1) is 10.1 Å². The van der Waals surface area contributed by atoms with Crippen molar-refractivity contribution in [3.05, 3.63) is 111 Å². The van der Waals surface area contributed by atoms with E-state index in [-0.39, 0.29) is 29.5 Å². The summed E-state index contributed by atoms with van der Waals surface area (Å²) in [4.78, 5) is 35.0. The number of nitro groups is 1. The molecule has 0 saturated heterocycles. The van der Waals surface area contributed by atoms with Crippen molar-refractivity contribution >= 4 is 56.2 Å². The van der Waals surface area contributed by atoms with Crippen molar-refractivity contribution in [3.8, 4) is 5.75 Å². The average Bonchev–Trinajstić information content (AvgIpc) is 2.88. The van der Waals surface area contributed by atoms with Gasteiger partial charge in [0.05, 0.1) is 23.2 Å². The minimum absolute atomic E-state index is 0.0101. The van der Waals surface area contributed by atoms with Gasteiger partial charge in [-0.1, -0.05) is 46.3 Å². The number of carbonyl (C=O) groups excluding carboxylic acids is 2. The zero-order chi connectivity index (χ0) is 25.5. The molecule has 1 amide bonds. The van der Waals surface area contributed by atoms with E-state index in [1.165, 1.54) is 30.5 Å². The lowest BCUT2D eigenvalue weighted by Gasteiger charge is -2.08. The Morgan fingerprint density at radius 2 is 1.72 bits per heavy atom. The predicted octanol–water partition coefficient (Wildman–Crippen LogP) is 5.29. The van der Waals surface area contributed by atoms with Crippen molar-refractivity contribution in [3.63, 3.8) is 0 Å². The van der Waals surface area contributed by atoms with Crippen LogP contribution in [0.3, 0.4) is 0 Å². The molecule has 4 aromatic rings. The van der Waals surface area contributed by atoms with Crippen LogP contribution in [0.15, 0.2) is 94.5 Å². The molecule has 180 valence electrons. The number of fused-ring (bicyclic) bond motifs is 1. The van der Waals surface area contributed by atoms with E-state index in [9.17, 15) is 19.7 Å². The number of halogens is 1. The number of non-ortho nitro benzene ring substituents is 1. The Morgan fingerprint density at radius 3 is 2.47 bits per heavy atom. The van der Waals surface area contributed by atoms with Gasteiger partial charge in [0.15, 0.2) is 0 Å². The second kappa shape index (κ2) is 11.2. The van der Waals surface area contributed by atoms with E-state index >= 15 is 0 Å². The maximum atomic E-state index is 12.5. The van der Waals surface area contributed by atoms with Gasteiger partial charge in [0.25, 0.3) is 11.6 Å². The highest BCUT2D eigenvalue weighted by Crippen LogP contribution is 2.23. The Morgan fingerprint density at radius 1 is 0.972 bits per heavy atom. The number of amides is 1. The van der Waals surface area contributed by atoms with Gasteiger partial charge in [-0.15, -0.1) is 0 Å². The number of benzene rings is 4. The third kappa shape index (κ3) is 6.30. The summed E-state index contributed by atoms with van der Waals surface area (Å²) in [6.07, 6.45) is 1.36. The van der Waals surface area contributed by atoms with Gasteiger partial charge in [0.2, 0.25) is 0 Å². The SMILES string of the molecule is O=C(CNc1ccc2ccccc2c1)N/N=C/c1cc(Br)ccc1OC(=O)c1ccc([N+](=O)[O-])cc1. The monoisotopic (exact) mass is 546 g/mol. The summed E-state index contributed by atoms with van der Waals surface area (Å²) < 4.78 is 6.15. The Bertz CT molecular complexity index is 1470. The molecule has 0 spiro atoms. The number of nitrogens with zero attached hydrogens (tertiary/aromatic N) is 2. The fourth-order valence-corrected chi connectivity index (χ4v) is 3.66. The molecule has 9 nitrogen and oxygen atoms in total. The maximum Gasteiger partial charge on any atom is 0.343 e. The molecule has 2 N–H and O–H groups in total. The van der Waals surface area contributed by atoms with Crippen molar-refractivity contribution in [2.24, 2.45) is 5.10 Å². The molecule has 0 saturated carbocycles. The normalized spacial score (nSPS) is 10.8. The van der Waals surface area contributed by atoms with Gasteiger partial charge in [-0.3, -0.25) is 14.9 Å². The zero-order valence-electron chi connectivity index (χ0n) is 18.7. The fraction of sp³-hybridized carbons (Fsp3) is 0.0385. The molecule has 0 aromatic heterocycles. The topological polar surface area (TPSA) is 123 Å². The molecule has 0 aliphatic heterocycles. The van der Waals surface area contributed by atoms with Crippen LogP contribution in [-0.4, -0.2) is 29.6 Å². The number of rotatable bonds is 8. The summed E-state index contributed by atoms with van der Waals surface area (Å²) in [7, 11) is 0. The van der Waals surface area contributed by atoms with E-state index in [0.29, 0.717) is 10.0 Å². The molecule has 10 heteroatoms. The van der Waals surface area contributed by atoms with Crippen LogP contribution in [0.4, 0.5) is 11.4 Å². The van der Waals surface area contributed by atoms with Gasteiger partial charge in [0, 0.05) is 27.9 Å². The lowest BCUT2D eigenvalue weighted by Crippen LogP contribution is -2.25. The number of hydrazone groups is 1. The van der Waals surface area contributed by atoms with Gasteiger partial charge in [0.1, 0.15) is 5.75 Å². The Hall–Kier alpha value is -4.57. The zero-order valence-corrected chi connectivity index (χ0v) is 20.3. The molecule has 36 heavy (non-hydrogen) atoms. The van der Waals surface area contributed by atoms with Crippen LogP contribution in [0.5, 0.6) is 5.75 Å². The second-order valence-electron chi connectivity index (χ2n) is 7.58. The number of ether oxygens (including phenoxy) is 1. The van der Waals surface area contributed by atoms with Crippen molar-refractivity contribution in [1.82, 2.24) is 5.43 Å². The smallest absolute Gasteiger partial charge is 0.343 e. The van der Waals surface area contributed by atoms with Crippen LogP contribution >= 0.6 is 15.9 Å². The van der Waals surface area contributed by atoms with E-state index in [4.69, 9.17) is 4.74 Å². The van der Waals surface area contributed by atoms with E-state index < -0.39 is 10.9 Å². The maximum absolute atomic E-state index is 12.5. The number of carbonyl (C=O) groups is 2. The van der Waals surface area contributed by atoms with Crippen LogP contribution < -0.4 is 15.5 Å². The number of nitro benzene ring substituents is 1. The second-order valence-corrected chi connectivity index (χ2v) is 8.50. The number of hydrogen-bond donors (Lipinski definition) is 2. The molecule has 0 bridgehead atoms. The molecule has 0 fully saturated rings. The van der Waals surface area contributed by atoms with Gasteiger partial charge in [-0.05, 0) is 53.2 Å². The molecule has 4 aromatic carbocycles. The molecule has 0 radical (unpaired) electrons. The van der Waals surface area contributed by atoms with Crippen LogP contribution in [0.1, 0.15) is 15.9 Å². The standard InChI is InChI=1S/C26H19BrN4O5/c27-21-8-12-24(36-26(33)18-6-10-23(11-7-18)31(34)35)20(13-21)15-29-30-25(32)16-28-22-9-5-17-3-1-2-4-19(17)14-22/h1-15,28H,16H2,(H,30,32)/b29-15+. The van der Waals surface area contributed by atoms with Crippen LogP contribution in [0.25, 0.3) is 10.8 Å². The summed E-state index contributed by atoms with van der Waals surface area (Å²) in [5.41, 5.74) is 3.70. The highest BCUT2D eigenvalue weighted by molar-refractivity contribution is 9.10. The molecular formula is C26H19BrN4O5. The molecule has 0 aliphatic carbocycles. The van der Waals surface area contributed by atoms with Crippen molar-refractivity contribution in [2.75, 3.05) is 11.9 Å². The summed E-state index contributed by atoms with van der Waals surface area (Å²) in [6.45, 7) is 0.0101. The Balaban J connectivity index is 1.37. The van der Waals surface area contributed by atoms with Gasteiger partial charge >= 0.3 is 5.97 Å². The van der Waals surface area contributed by atoms with Gasteiger partial charge in [-0.2, -0.15) is 5.10 Å². The molecule has 0 heterocycles. The number of nitrogens with one attached hydrogen (secondary N) is 2. The number of hydrogen-bond acceptors (Lipinski definition) is 7. The first-order valence-corrected chi connectivity index (χ1v) is 11.5. The van der Waals surface area contributed by atoms with E-state index in [2.05, 4.69) is 31.8 Å². The molecule has 0 unspecified atom stereocenters.